The Kier molecular flexibility index (Phi) is 4.19. The third-order valence-corrected chi connectivity index (χ3v) is 3.06. The molecule has 6 heteroatoms. The summed E-state index contributed by atoms with van der Waals surface area (Å²) in [4.78, 5) is 11.9. The van der Waals surface area contributed by atoms with Gasteiger partial charge in [0.05, 0.1) is 16.8 Å². The number of hydrogen-bond acceptors (Lipinski definition) is 3. The molecule has 0 fully saturated rings. The van der Waals surface area contributed by atoms with Gasteiger partial charge in [-0.2, -0.15) is 5.10 Å². The molecule has 0 radical (unpaired) electrons. The highest BCUT2D eigenvalue weighted by molar-refractivity contribution is 6.33. The Morgan fingerprint density at radius 1 is 1.53 bits per heavy atom. The lowest BCUT2D eigenvalue weighted by molar-refractivity contribution is -0.117. The summed E-state index contributed by atoms with van der Waals surface area (Å²) >= 11 is 6.17. The molecule has 0 spiro atoms. The fourth-order valence-corrected chi connectivity index (χ4v) is 1.92. The van der Waals surface area contributed by atoms with Crippen LogP contribution >= 0.6 is 11.6 Å². The quantitative estimate of drug-likeness (QED) is 0.900. The van der Waals surface area contributed by atoms with E-state index in [2.05, 4.69) is 10.4 Å². The second kappa shape index (κ2) is 5.86. The van der Waals surface area contributed by atoms with Gasteiger partial charge in [-0.25, -0.2) is 4.68 Å². The second-order valence-corrected chi connectivity index (χ2v) is 4.50. The molecular formula is C13H15ClN4O. The molecule has 19 heavy (non-hydrogen) atoms. The van der Waals surface area contributed by atoms with E-state index >= 15 is 0 Å². The Bertz CT molecular complexity index is 568. The standard InChI is InChI=1S/C13H15ClN4O/c1-2-10(15)13(19)17-11-6-3-5-9(14)12(11)18-8-4-7-16-18/h3-8,10H,2,15H2,1H3,(H,17,19)/t10-/m1/s1. The van der Waals surface area contributed by atoms with Crippen molar-refractivity contribution in [3.63, 3.8) is 0 Å². The van der Waals surface area contributed by atoms with Crippen molar-refractivity contribution >= 4 is 23.2 Å². The molecule has 0 unspecified atom stereocenters. The van der Waals surface area contributed by atoms with Gasteiger partial charge in [0.1, 0.15) is 5.69 Å². The van der Waals surface area contributed by atoms with Crippen LogP contribution < -0.4 is 11.1 Å². The molecule has 0 saturated heterocycles. The number of benzene rings is 1. The molecule has 0 bridgehead atoms. The number of anilines is 1. The van der Waals surface area contributed by atoms with Crippen molar-refractivity contribution in [3.8, 4) is 5.69 Å². The Labute approximate surface area is 116 Å². The van der Waals surface area contributed by atoms with E-state index in [1.807, 2.05) is 6.92 Å². The molecule has 0 aliphatic rings. The number of carbonyl (C=O) groups excluding carboxylic acids is 1. The molecule has 2 rings (SSSR count). The van der Waals surface area contributed by atoms with Crippen LogP contribution in [0.1, 0.15) is 13.3 Å². The van der Waals surface area contributed by atoms with Gasteiger partial charge in [-0.3, -0.25) is 4.79 Å². The highest BCUT2D eigenvalue weighted by atomic mass is 35.5. The summed E-state index contributed by atoms with van der Waals surface area (Å²) in [7, 11) is 0. The van der Waals surface area contributed by atoms with Crippen LogP contribution in [0.25, 0.3) is 5.69 Å². The van der Waals surface area contributed by atoms with Crippen molar-refractivity contribution in [3.05, 3.63) is 41.7 Å². The number of nitrogens with two attached hydrogens (primary N) is 1. The van der Waals surface area contributed by atoms with Gasteiger partial charge in [0.25, 0.3) is 0 Å². The summed E-state index contributed by atoms with van der Waals surface area (Å²) in [6.07, 6.45) is 3.98. The van der Waals surface area contributed by atoms with Crippen molar-refractivity contribution in [1.29, 1.82) is 0 Å². The van der Waals surface area contributed by atoms with Crippen molar-refractivity contribution in [2.45, 2.75) is 19.4 Å². The van der Waals surface area contributed by atoms with E-state index in [0.717, 1.165) is 0 Å². The zero-order valence-electron chi connectivity index (χ0n) is 10.5. The van der Waals surface area contributed by atoms with Crippen LogP contribution in [0.15, 0.2) is 36.7 Å². The molecule has 0 saturated carbocycles. The lowest BCUT2D eigenvalue weighted by Gasteiger charge is -2.14. The van der Waals surface area contributed by atoms with Crippen molar-refractivity contribution in [2.75, 3.05) is 5.32 Å². The first-order chi connectivity index (χ1) is 9.13. The maximum Gasteiger partial charge on any atom is 0.241 e. The van der Waals surface area contributed by atoms with Gasteiger partial charge in [0.2, 0.25) is 5.91 Å². The lowest BCUT2D eigenvalue weighted by atomic mass is 10.2. The molecule has 100 valence electrons. The Morgan fingerprint density at radius 3 is 2.95 bits per heavy atom. The van der Waals surface area contributed by atoms with Crippen LogP contribution in [0.2, 0.25) is 5.02 Å². The van der Waals surface area contributed by atoms with Gasteiger partial charge in [0, 0.05) is 12.4 Å². The largest absolute Gasteiger partial charge is 0.323 e. The fraction of sp³-hybridized carbons (Fsp3) is 0.231. The molecular weight excluding hydrogens is 264 g/mol. The number of hydrogen-bond donors (Lipinski definition) is 2. The highest BCUT2D eigenvalue weighted by Gasteiger charge is 2.15. The Morgan fingerprint density at radius 2 is 2.32 bits per heavy atom. The summed E-state index contributed by atoms with van der Waals surface area (Å²) < 4.78 is 1.61. The molecule has 3 N–H and O–H groups in total. The number of halogens is 1. The molecule has 1 aromatic heterocycles. The SMILES string of the molecule is CC[C@@H](N)C(=O)Nc1cccc(Cl)c1-n1cccn1. The number of para-hydroxylation sites is 1. The summed E-state index contributed by atoms with van der Waals surface area (Å²) in [5, 5.41) is 7.42. The maximum absolute atomic E-state index is 11.9. The summed E-state index contributed by atoms with van der Waals surface area (Å²) in [6.45, 7) is 1.86. The zero-order chi connectivity index (χ0) is 13.8. The minimum Gasteiger partial charge on any atom is -0.323 e. The average Bonchev–Trinajstić information content (AvgIpc) is 2.91. The van der Waals surface area contributed by atoms with E-state index in [1.165, 1.54) is 0 Å². The van der Waals surface area contributed by atoms with Crippen LogP contribution in [0.4, 0.5) is 5.69 Å². The molecule has 1 heterocycles. The van der Waals surface area contributed by atoms with E-state index in [1.54, 1.807) is 41.3 Å². The summed E-state index contributed by atoms with van der Waals surface area (Å²) in [5.74, 6) is -0.238. The smallest absolute Gasteiger partial charge is 0.241 e. The lowest BCUT2D eigenvalue weighted by Crippen LogP contribution is -2.35. The Balaban J connectivity index is 2.36. The van der Waals surface area contributed by atoms with E-state index in [4.69, 9.17) is 17.3 Å². The van der Waals surface area contributed by atoms with E-state index < -0.39 is 6.04 Å². The van der Waals surface area contributed by atoms with E-state index in [0.29, 0.717) is 22.8 Å². The third kappa shape index (κ3) is 2.94. The van der Waals surface area contributed by atoms with Gasteiger partial charge in [-0.05, 0) is 24.6 Å². The molecule has 0 aliphatic heterocycles. The molecule has 1 amide bonds. The van der Waals surface area contributed by atoms with Gasteiger partial charge in [0.15, 0.2) is 0 Å². The fourth-order valence-electron chi connectivity index (χ4n) is 1.66. The molecule has 5 nitrogen and oxygen atoms in total. The highest BCUT2D eigenvalue weighted by Crippen LogP contribution is 2.28. The van der Waals surface area contributed by atoms with Crippen LogP contribution in [-0.4, -0.2) is 21.7 Å². The minimum atomic E-state index is -0.538. The number of nitrogens with one attached hydrogen (secondary N) is 1. The maximum atomic E-state index is 11.9. The zero-order valence-corrected chi connectivity index (χ0v) is 11.3. The van der Waals surface area contributed by atoms with Gasteiger partial charge in [-0.15, -0.1) is 0 Å². The molecule has 1 aromatic carbocycles. The topological polar surface area (TPSA) is 72.9 Å². The normalized spacial score (nSPS) is 12.2. The third-order valence-electron chi connectivity index (χ3n) is 2.75. The first-order valence-electron chi connectivity index (χ1n) is 5.98. The van der Waals surface area contributed by atoms with Gasteiger partial charge >= 0.3 is 0 Å². The first kappa shape index (κ1) is 13.6. The number of amides is 1. The van der Waals surface area contributed by atoms with Crippen LogP contribution in [0.3, 0.4) is 0 Å². The number of carbonyl (C=O) groups is 1. The van der Waals surface area contributed by atoms with Crippen LogP contribution in [0, 0.1) is 0 Å². The predicted octanol–water partition coefficient (Wildman–Crippen LogP) is 2.20. The molecule has 1 atom stereocenters. The van der Waals surface area contributed by atoms with E-state index in [-0.39, 0.29) is 5.91 Å². The Hall–Kier alpha value is -1.85. The average molecular weight is 279 g/mol. The van der Waals surface area contributed by atoms with Crippen molar-refractivity contribution in [1.82, 2.24) is 9.78 Å². The predicted molar refractivity (Wildman–Crippen MR) is 75.5 cm³/mol. The minimum absolute atomic E-state index is 0.238. The van der Waals surface area contributed by atoms with Crippen molar-refractivity contribution < 1.29 is 4.79 Å². The second-order valence-electron chi connectivity index (χ2n) is 4.09. The number of aromatic nitrogens is 2. The molecule has 0 aliphatic carbocycles. The van der Waals surface area contributed by atoms with E-state index in [9.17, 15) is 4.79 Å². The van der Waals surface area contributed by atoms with Gasteiger partial charge < -0.3 is 11.1 Å². The number of rotatable bonds is 4. The monoisotopic (exact) mass is 278 g/mol. The summed E-state index contributed by atoms with van der Waals surface area (Å²) in [6, 6.07) is 6.52. The summed E-state index contributed by atoms with van der Waals surface area (Å²) in [5.41, 5.74) is 6.92. The van der Waals surface area contributed by atoms with Crippen molar-refractivity contribution in [2.24, 2.45) is 5.73 Å². The van der Waals surface area contributed by atoms with Crippen LogP contribution in [-0.2, 0) is 4.79 Å². The number of nitrogens with zero attached hydrogens (tertiary/aromatic N) is 2. The first-order valence-corrected chi connectivity index (χ1v) is 6.36. The van der Waals surface area contributed by atoms with Crippen LogP contribution in [0.5, 0.6) is 0 Å². The molecule has 2 aromatic rings. The van der Waals surface area contributed by atoms with Gasteiger partial charge in [-0.1, -0.05) is 24.6 Å².